The molecule has 0 saturated heterocycles. The predicted octanol–water partition coefficient (Wildman–Crippen LogP) is 12.9. The summed E-state index contributed by atoms with van der Waals surface area (Å²) < 4.78 is 1.21. The number of rotatable bonds is 12. The monoisotopic (exact) mass is 756 g/mol. The first-order chi connectivity index (χ1) is 28.0. The molecule has 2 nitrogen and oxygen atoms in total. The van der Waals surface area contributed by atoms with Gasteiger partial charge in [-0.15, -0.1) is 11.3 Å². The second-order valence-corrected chi connectivity index (χ2v) is 15.7. The van der Waals surface area contributed by atoms with E-state index in [1.807, 2.05) is 17.4 Å². The summed E-state index contributed by atoms with van der Waals surface area (Å²) in [5.74, 6) is 0. The Morgan fingerprint density at radius 2 is 1.37 bits per heavy atom. The zero-order valence-electron chi connectivity index (χ0n) is 32.4. The van der Waals surface area contributed by atoms with Gasteiger partial charge in [0.05, 0.1) is 6.04 Å². The van der Waals surface area contributed by atoms with E-state index in [-0.39, 0.29) is 6.04 Å². The van der Waals surface area contributed by atoms with E-state index in [2.05, 4.69) is 212 Å². The van der Waals surface area contributed by atoms with Gasteiger partial charge in [0.2, 0.25) is 0 Å². The van der Waals surface area contributed by atoms with Gasteiger partial charge in [-0.3, -0.25) is 0 Å². The number of thiophene rings is 1. The highest BCUT2D eigenvalue weighted by molar-refractivity contribution is 7.11. The van der Waals surface area contributed by atoms with Gasteiger partial charge in [-0.05, 0) is 131 Å². The zero-order chi connectivity index (χ0) is 39.0. The summed E-state index contributed by atoms with van der Waals surface area (Å²) >= 11 is 1.81. The van der Waals surface area contributed by atoms with Crippen LogP contribution in [0, 0.1) is 0 Å². The molecule has 0 fully saturated rings. The molecule has 0 amide bonds. The second kappa shape index (κ2) is 17.6. The Hall–Kier alpha value is -6.42. The molecule has 0 radical (unpaired) electrons. The molecule has 0 bridgehead atoms. The Kier molecular flexibility index (Phi) is 11.6. The van der Waals surface area contributed by atoms with Gasteiger partial charge in [-0.1, -0.05) is 147 Å². The maximum Gasteiger partial charge on any atom is 0.0556 e. The number of para-hydroxylation sites is 1. The van der Waals surface area contributed by atoms with Crippen LogP contribution in [0.3, 0.4) is 0 Å². The second-order valence-electron chi connectivity index (χ2n) is 14.6. The van der Waals surface area contributed by atoms with Crippen LogP contribution in [-0.2, 0) is 6.42 Å². The Morgan fingerprint density at radius 3 is 2.02 bits per heavy atom. The van der Waals surface area contributed by atoms with Crippen molar-refractivity contribution < 1.29 is 0 Å². The molecule has 0 saturated carbocycles. The van der Waals surface area contributed by atoms with Gasteiger partial charge in [0, 0.05) is 38.4 Å². The van der Waals surface area contributed by atoms with Crippen LogP contribution in [0.4, 0.5) is 11.4 Å². The topological polar surface area (TPSA) is 6.48 Å². The van der Waals surface area contributed by atoms with Crippen molar-refractivity contribution in [1.82, 2.24) is 0 Å². The lowest BCUT2D eigenvalue weighted by Gasteiger charge is -2.36. The first-order valence-corrected chi connectivity index (χ1v) is 20.7. The number of hydrogen-bond acceptors (Lipinski definition) is 3. The number of anilines is 2. The number of nitrogens with zero attached hydrogens (tertiary/aromatic N) is 2. The van der Waals surface area contributed by atoms with Crippen LogP contribution in [0.5, 0.6) is 0 Å². The standard InChI is InChI=1S/C54H48N2S/c1-40(25-26-41(2)55(48-18-9-5-10-19-48)39-15-24-53-42(3)52-22-13-14-23-54(52)57-53)43-31-35-50(36-32-43)56(49-20-11-6-12-21-49)51-37-33-47(34-38-51)46-29-27-45(28-30-46)44-16-7-4-8-17-44/h4-12,14-20,23-31,33-35,37-39,49H,1-3,13,21-22,32,36H2/b26-25-,39-15+,53-24+. The Bertz CT molecular complexity index is 2570. The number of fused-ring (bicyclic) bond motifs is 1. The minimum atomic E-state index is 0.259. The van der Waals surface area contributed by atoms with Crippen LogP contribution >= 0.6 is 11.3 Å². The van der Waals surface area contributed by atoms with Crippen LogP contribution in [0.1, 0.15) is 36.1 Å². The molecule has 0 N–H and O–H groups in total. The Balaban J connectivity index is 0.982. The summed E-state index contributed by atoms with van der Waals surface area (Å²) in [5, 5.41) is 1.15. The van der Waals surface area contributed by atoms with Crippen molar-refractivity contribution >= 4 is 41.4 Å². The van der Waals surface area contributed by atoms with Crippen LogP contribution in [0.25, 0.3) is 41.0 Å². The molecule has 1 unspecified atom stereocenters. The Morgan fingerprint density at radius 1 is 0.684 bits per heavy atom. The van der Waals surface area contributed by atoms with Gasteiger partial charge in [0.15, 0.2) is 0 Å². The summed E-state index contributed by atoms with van der Waals surface area (Å²) in [6.45, 7) is 13.4. The molecule has 1 aromatic heterocycles. The first kappa shape index (κ1) is 37.5. The minimum Gasteiger partial charge on any atom is -0.338 e. The highest BCUT2D eigenvalue weighted by atomic mass is 32.1. The van der Waals surface area contributed by atoms with Crippen LogP contribution in [0.15, 0.2) is 212 Å². The van der Waals surface area contributed by atoms with E-state index in [0.717, 1.165) is 54.3 Å². The lowest BCUT2D eigenvalue weighted by molar-refractivity contribution is 0.716. The molecule has 8 rings (SSSR count). The quantitative estimate of drug-likeness (QED) is 0.117. The van der Waals surface area contributed by atoms with Crippen LogP contribution in [-0.4, -0.2) is 6.04 Å². The molecule has 5 aromatic rings. The average Bonchev–Trinajstić information content (AvgIpc) is 3.60. The van der Waals surface area contributed by atoms with Gasteiger partial charge in [0.25, 0.3) is 0 Å². The summed E-state index contributed by atoms with van der Waals surface area (Å²) in [4.78, 5) is 5.97. The number of hydrogen-bond donors (Lipinski definition) is 0. The summed E-state index contributed by atoms with van der Waals surface area (Å²) in [5.41, 5.74) is 13.0. The van der Waals surface area contributed by atoms with E-state index in [0.29, 0.717) is 0 Å². The van der Waals surface area contributed by atoms with Gasteiger partial charge in [0.1, 0.15) is 0 Å². The van der Waals surface area contributed by atoms with Crippen molar-refractivity contribution in [2.75, 3.05) is 9.80 Å². The molecule has 1 heterocycles. The highest BCUT2D eigenvalue weighted by Crippen LogP contribution is 2.35. The van der Waals surface area contributed by atoms with Gasteiger partial charge >= 0.3 is 0 Å². The van der Waals surface area contributed by atoms with Crippen molar-refractivity contribution in [3.8, 4) is 22.3 Å². The lowest BCUT2D eigenvalue weighted by atomic mass is 9.94. The fourth-order valence-electron chi connectivity index (χ4n) is 7.76. The van der Waals surface area contributed by atoms with E-state index in [9.17, 15) is 0 Å². The maximum atomic E-state index is 4.49. The SMILES string of the molecule is C=C(/C=C\C(=C)N(/C=C/C=c1/sc2c(c1=C)CCC=C2)c1ccccc1)C1=CC=C(N(c2ccc(-c3ccc(-c4ccccc4)cc3)cc2)C2C=CC=CC2)CC1. The average molecular weight is 757 g/mol. The van der Waals surface area contributed by atoms with Gasteiger partial charge in [-0.25, -0.2) is 0 Å². The number of allylic oxidation sites excluding steroid dienone is 11. The fourth-order valence-corrected chi connectivity index (χ4v) is 8.90. The van der Waals surface area contributed by atoms with E-state index in [4.69, 9.17) is 0 Å². The summed E-state index contributed by atoms with van der Waals surface area (Å²) in [6.07, 6.45) is 33.5. The molecule has 57 heavy (non-hydrogen) atoms. The molecule has 4 aromatic carbocycles. The fraction of sp³-hybridized carbons (Fsp3) is 0.111. The first-order valence-electron chi connectivity index (χ1n) is 19.9. The molecular weight excluding hydrogens is 709 g/mol. The van der Waals surface area contributed by atoms with E-state index >= 15 is 0 Å². The smallest absolute Gasteiger partial charge is 0.0556 e. The van der Waals surface area contributed by atoms with Crippen molar-refractivity contribution in [3.05, 3.63) is 232 Å². The van der Waals surface area contributed by atoms with Gasteiger partial charge < -0.3 is 9.80 Å². The minimum absolute atomic E-state index is 0.259. The summed E-state index contributed by atoms with van der Waals surface area (Å²) in [7, 11) is 0. The van der Waals surface area contributed by atoms with Crippen molar-refractivity contribution in [2.24, 2.45) is 0 Å². The predicted molar refractivity (Wildman–Crippen MR) is 248 cm³/mol. The van der Waals surface area contributed by atoms with E-state index < -0.39 is 0 Å². The normalized spacial score (nSPS) is 16.4. The molecule has 3 aliphatic carbocycles. The third-order valence-corrected chi connectivity index (χ3v) is 12.1. The van der Waals surface area contributed by atoms with Crippen LogP contribution < -0.4 is 19.6 Å². The van der Waals surface area contributed by atoms with Crippen LogP contribution in [0.2, 0.25) is 0 Å². The largest absolute Gasteiger partial charge is 0.338 e. The zero-order valence-corrected chi connectivity index (χ0v) is 33.3. The number of benzene rings is 4. The molecule has 0 aliphatic heterocycles. The molecular formula is C54H48N2S. The molecule has 3 heteroatoms. The maximum absolute atomic E-state index is 4.49. The van der Waals surface area contributed by atoms with Crippen molar-refractivity contribution in [2.45, 2.75) is 38.1 Å². The Labute approximate surface area is 342 Å². The van der Waals surface area contributed by atoms with Gasteiger partial charge in [-0.2, -0.15) is 0 Å². The lowest BCUT2D eigenvalue weighted by Crippen LogP contribution is -2.34. The summed E-state index contributed by atoms with van der Waals surface area (Å²) in [6, 6.07) is 39.1. The van der Waals surface area contributed by atoms with Crippen molar-refractivity contribution in [1.29, 1.82) is 0 Å². The molecule has 3 aliphatic rings. The highest BCUT2D eigenvalue weighted by Gasteiger charge is 2.23. The molecule has 280 valence electrons. The van der Waals surface area contributed by atoms with E-state index in [1.165, 1.54) is 54.2 Å². The third kappa shape index (κ3) is 8.70. The molecule has 0 spiro atoms. The van der Waals surface area contributed by atoms with E-state index in [1.54, 1.807) is 0 Å². The molecule has 1 atom stereocenters. The third-order valence-electron chi connectivity index (χ3n) is 10.9. The van der Waals surface area contributed by atoms with Crippen molar-refractivity contribution in [3.63, 3.8) is 0 Å².